The Morgan fingerprint density at radius 3 is 2.61 bits per heavy atom. The van der Waals surface area contributed by atoms with E-state index in [-0.39, 0.29) is 35.4 Å². The van der Waals surface area contributed by atoms with Crippen LogP contribution in [-0.2, 0) is 14.4 Å². The standard InChI is InChI=1S/C17H20N2O3S/c1-17(8-5-9-17)18-14(20)11-23-13-10-15(21)19(16(13)22)12-6-3-2-4-7-12/h2-4,6-7,13H,5,8-11H2,1H3,(H,18,20). The van der Waals surface area contributed by atoms with Crippen molar-refractivity contribution in [1.82, 2.24) is 5.32 Å². The van der Waals surface area contributed by atoms with Crippen molar-refractivity contribution in [2.75, 3.05) is 10.7 Å². The molecule has 122 valence electrons. The highest BCUT2D eigenvalue weighted by molar-refractivity contribution is 8.01. The minimum atomic E-state index is -0.470. The van der Waals surface area contributed by atoms with Crippen molar-refractivity contribution < 1.29 is 14.4 Å². The number of hydrogen-bond acceptors (Lipinski definition) is 4. The maximum Gasteiger partial charge on any atom is 0.247 e. The average Bonchev–Trinajstić information content (AvgIpc) is 2.79. The fourth-order valence-corrected chi connectivity index (χ4v) is 3.90. The molecule has 1 aromatic rings. The van der Waals surface area contributed by atoms with Gasteiger partial charge in [0.05, 0.1) is 16.7 Å². The van der Waals surface area contributed by atoms with Gasteiger partial charge in [0.15, 0.2) is 0 Å². The highest BCUT2D eigenvalue weighted by Crippen LogP contribution is 2.32. The molecule has 1 aliphatic heterocycles. The van der Waals surface area contributed by atoms with Crippen LogP contribution in [0.1, 0.15) is 32.6 Å². The number of benzene rings is 1. The van der Waals surface area contributed by atoms with Crippen LogP contribution in [0.25, 0.3) is 0 Å². The Bertz CT molecular complexity index is 628. The number of nitrogens with one attached hydrogen (secondary N) is 1. The molecule has 0 radical (unpaired) electrons. The van der Waals surface area contributed by atoms with E-state index in [9.17, 15) is 14.4 Å². The molecule has 0 bridgehead atoms. The number of imide groups is 1. The Kier molecular flexibility index (Phi) is 4.43. The van der Waals surface area contributed by atoms with Crippen LogP contribution in [0.5, 0.6) is 0 Å². The Hall–Kier alpha value is -1.82. The van der Waals surface area contributed by atoms with Gasteiger partial charge in [-0.05, 0) is 38.3 Å². The normalized spacial score (nSPS) is 22.8. The van der Waals surface area contributed by atoms with Gasteiger partial charge in [0, 0.05) is 12.0 Å². The summed E-state index contributed by atoms with van der Waals surface area (Å²) in [5.74, 6) is -0.281. The van der Waals surface area contributed by atoms with Crippen LogP contribution in [-0.4, -0.2) is 34.3 Å². The van der Waals surface area contributed by atoms with E-state index in [0.29, 0.717) is 5.69 Å². The van der Waals surface area contributed by atoms with Gasteiger partial charge in [0.2, 0.25) is 17.7 Å². The maximum absolute atomic E-state index is 12.4. The van der Waals surface area contributed by atoms with Crippen LogP contribution in [0.3, 0.4) is 0 Å². The molecule has 1 aliphatic carbocycles. The number of carbonyl (C=O) groups excluding carboxylic acids is 3. The number of nitrogens with zero attached hydrogens (tertiary/aromatic N) is 1. The predicted molar refractivity (Wildman–Crippen MR) is 90.2 cm³/mol. The second-order valence-corrected chi connectivity index (χ2v) is 7.56. The van der Waals surface area contributed by atoms with Crippen LogP contribution in [0, 0.1) is 0 Å². The van der Waals surface area contributed by atoms with E-state index in [1.54, 1.807) is 24.3 Å². The first-order chi connectivity index (χ1) is 11.0. The number of carbonyl (C=O) groups is 3. The van der Waals surface area contributed by atoms with E-state index in [4.69, 9.17) is 0 Å². The molecule has 23 heavy (non-hydrogen) atoms. The first-order valence-electron chi connectivity index (χ1n) is 7.83. The molecule has 6 heteroatoms. The summed E-state index contributed by atoms with van der Waals surface area (Å²) in [4.78, 5) is 37.8. The van der Waals surface area contributed by atoms with Crippen molar-refractivity contribution in [1.29, 1.82) is 0 Å². The van der Waals surface area contributed by atoms with Crippen molar-refractivity contribution in [2.45, 2.75) is 43.4 Å². The first kappa shape index (κ1) is 16.1. The number of amides is 3. The third kappa shape index (κ3) is 3.42. The molecule has 1 atom stereocenters. The second-order valence-electron chi connectivity index (χ2n) is 6.37. The van der Waals surface area contributed by atoms with Gasteiger partial charge >= 0.3 is 0 Å². The molecule has 3 amide bonds. The van der Waals surface area contributed by atoms with Crippen molar-refractivity contribution in [3.05, 3.63) is 30.3 Å². The summed E-state index contributed by atoms with van der Waals surface area (Å²) in [7, 11) is 0. The third-order valence-corrected chi connectivity index (χ3v) is 5.63. The number of thioether (sulfide) groups is 1. The van der Waals surface area contributed by atoms with Crippen LogP contribution >= 0.6 is 11.8 Å². The molecule has 1 unspecified atom stereocenters. The molecule has 5 nitrogen and oxygen atoms in total. The van der Waals surface area contributed by atoms with E-state index in [2.05, 4.69) is 5.32 Å². The van der Waals surface area contributed by atoms with E-state index < -0.39 is 5.25 Å². The molecule has 1 heterocycles. The van der Waals surface area contributed by atoms with Gasteiger partial charge in [-0.3, -0.25) is 14.4 Å². The second kappa shape index (κ2) is 6.35. The average molecular weight is 332 g/mol. The lowest BCUT2D eigenvalue weighted by Crippen LogP contribution is -2.51. The maximum atomic E-state index is 12.4. The summed E-state index contributed by atoms with van der Waals surface area (Å²) in [5.41, 5.74) is 0.514. The van der Waals surface area contributed by atoms with Crippen LogP contribution in [0.4, 0.5) is 5.69 Å². The molecule has 1 N–H and O–H groups in total. The minimum absolute atomic E-state index is 0.0596. The molecule has 2 fully saturated rings. The van der Waals surface area contributed by atoms with E-state index >= 15 is 0 Å². The largest absolute Gasteiger partial charge is 0.350 e. The number of rotatable bonds is 5. The van der Waals surface area contributed by atoms with Gasteiger partial charge in [0.1, 0.15) is 0 Å². The van der Waals surface area contributed by atoms with Gasteiger partial charge in [-0.1, -0.05) is 18.2 Å². The highest BCUT2D eigenvalue weighted by atomic mass is 32.2. The van der Waals surface area contributed by atoms with Gasteiger partial charge in [-0.25, -0.2) is 4.90 Å². The molecule has 0 aromatic heterocycles. The van der Waals surface area contributed by atoms with Crippen LogP contribution in [0.15, 0.2) is 30.3 Å². The monoisotopic (exact) mass is 332 g/mol. The third-order valence-electron chi connectivity index (χ3n) is 4.43. The zero-order chi connectivity index (χ0) is 16.4. The quantitative estimate of drug-likeness (QED) is 0.839. The van der Waals surface area contributed by atoms with E-state index in [1.807, 2.05) is 13.0 Å². The van der Waals surface area contributed by atoms with E-state index in [0.717, 1.165) is 19.3 Å². The SMILES string of the molecule is CC1(NC(=O)CSC2CC(=O)N(c3ccccc3)C2=O)CCC1. The summed E-state index contributed by atoms with van der Waals surface area (Å²) in [5, 5.41) is 2.55. The Morgan fingerprint density at radius 1 is 1.30 bits per heavy atom. The van der Waals surface area contributed by atoms with Gasteiger partial charge in [-0.15, -0.1) is 11.8 Å². The van der Waals surface area contributed by atoms with Crippen molar-refractivity contribution >= 4 is 35.2 Å². The summed E-state index contributed by atoms with van der Waals surface area (Å²) in [6, 6.07) is 8.92. The lowest BCUT2D eigenvalue weighted by atomic mass is 9.78. The van der Waals surface area contributed by atoms with Gasteiger partial charge in [0.25, 0.3) is 0 Å². The molecule has 0 spiro atoms. The molecule has 1 aromatic carbocycles. The summed E-state index contributed by atoms with van der Waals surface area (Å²) in [6.07, 6.45) is 3.31. The fourth-order valence-electron chi connectivity index (χ4n) is 2.96. The zero-order valence-corrected chi connectivity index (χ0v) is 13.9. The molecule has 3 rings (SSSR count). The smallest absolute Gasteiger partial charge is 0.247 e. The number of anilines is 1. The molecule has 1 saturated carbocycles. The predicted octanol–water partition coefficient (Wildman–Crippen LogP) is 2.11. The Balaban J connectivity index is 1.56. The highest BCUT2D eigenvalue weighted by Gasteiger charge is 2.40. The van der Waals surface area contributed by atoms with Gasteiger partial charge < -0.3 is 5.32 Å². The number of hydrogen-bond donors (Lipinski definition) is 1. The topological polar surface area (TPSA) is 66.5 Å². The molecular formula is C17H20N2O3S. The minimum Gasteiger partial charge on any atom is -0.350 e. The molecular weight excluding hydrogens is 312 g/mol. The fraction of sp³-hybridized carbons (Fsp3) is 0.471. The summed E-state index contributed by atoms with van der Waals surface area (Å²) >= 11 is 1.25. The first-order valence-corrected chi connectivity index (χ1v) is 8.88. The van der Waals surface area contributed by atoms with Crippen LogP contribution < -0.4 is 10.2 Å². The van der Waals surface area contributed by atoms with Crippen molar-refractivity contribution in [3.8, 4) is 0 Å². The number of para-hydroxylation sites is 1. The molecule has 1 saturated heterocycles. The summed E-state index contributed by atoms with van der Waals surface area (Å²) < 4.78 is 0. The Labute approximate surface area is 139 Å². The summed E-state index contributed by atoms with van der Waals surface area (Å²) in [6.45, 7) is 2.04. The Morgan fingerprint density at radius 2 is 2.00 bits per heavy atom. The van der Waals surface area contributed by atoms with Crippen molar-refractivity contribution in [3.63, 3.8) is 0 Å². The zero-order valence-electron chi connectivity index (χ0n) is 13.1. The molecule has 2 aliphatic rings. The van der Waals surface area contributed by atoms with E-state index in [1.165, 1.54) is 16.7 Å². The van der Waals surface area contributed by atoms with Gasteiger partial charge in [-0.2, -0.15) is 0 Å². The lowest BCUT2D eigenvalue weighted by molar-refractivity contribution is -0.122. The van der Waals surface area contributed by atoms with Crippen LogP contribution in [0.2, 0.25) is 0 Å². The lowest BCUT2D eigenvalue weighted by Gasteiger charge is -2.39. The van der Waals surface area contributed by atoms with Crippen molar-refractivity contribution in [2.24, 2.45) is 0 Å².